The highest BCUT2D eigenvalue weighted by Crippen LogP contribution is 2.55. The molecule has 2 fully saturated rings. The Morgan fingerprint density at radius 2 is 1.87 bits per heavy atom. The number of nitrogens with two attached hydrogens (primary N) is 2. The Balaban J connectivity index is 0.000000179. The number of ether oxygens (including phenoxy) is 2. The monoisotopic (exact) mass is 528 g/mol. The molecule has 2 aromatic rings. The van der Waals surface area contributed by atoms with Gasteiger partial charge in [0, 0.05) is 52.0 Å². The molecule has 15 nitrogen and oxygen atoms in total. The Bertz CT molecular complexity index is 1610. The van der Waals surface area contributed by atoms with Crippen LogP contribution in [0.5, 0.6) is 0 Å². The van der Waals surface area contributed by atoms with Gasteiger partial charge in [0.25, 0.3) is 5.56 Å². The fourth-order valence-electron chi connectivity index (χ4n) is 5.78. The van der Waals surface area contributed by atoms with Crippen LogP contribution in [-0.2, 0) is 40.2 Å². The number of fused-ring (bicyclic) bond motifs is 5. The van der Waals surface area contributed by atoms with E-state index in [0.29, 0.717) is 23.4 Å². The molecule has 0 spiro atoms. The Labute approximate surface area is 215 Å². The zero-order chi connectivity index (χ0) is 27.8. The van der Waals surface area contributed by atoms with Gasteiger partial charge in [-0.1, -0.05) is 0 Å². The zero-order valence-corrected chi connectivity index (χ0v) is 21.5. The number of aromatic nitrogens is 4. The molecule has 2 aromatic heterocycles. The van der Waals surface area contributed by atoms with E-state index >= 15 is 0 Å². The molecule has 0 saturated carbocycles. The molecule has 38 heavy (non-hydrogen) atoms. The fraction of sp³-hybridized carbons (Fsp3) is 0.478. The predicted octanol–water partition coefficient (Wildman–Crippen LogP) is -2.68. The van der Waals surface area contributed by atoms with E-state index in [1.54, 1.807) is 18.7 Å². The average molecular weight is 529 g/mol. The Morgan fingerprint density at radius 3 is 2.50 bits per heavy atom. The number of carbonyl (C=O) groups excluding carboxylic acids is 3. The molecule has 5 N–H and O–H groups in total. The van der Waals surface area contributed by atoms with Gasteiger partial charge < -0.3 is 35.7 Å². The smallest absolute Gasteiger partial charge is 0.404 e. The first-order valence-electron chi connectivity index (χ1n) is 11.8. The Kier molecular flexibility index (Phi) is 5.61. The summed E-state index contributed by atoms with van der Waals surface area (Å²) in [6.45, 7) is 1.92. The lowest BCUT2D eigenvalue weighted by Crippen LogP contribution is -2.55. The number of amides is 1. The molecule has 15 heteroatoms. The maximum absolute atomic E-state index is 12.8. The summed E-state index contributed by atoms with van der Waals surface area (Å²) >= 11 is 0. The van der Waals surface area contributed by atoms with E-state index in [1.165, 1.54) is 32.0 Å². The summed E-state index contributed by atoms with van der Waals surface area (Å²) in [6.07, 6.45) is 0.570. The third-order valence-electron chi connectivity index (χ3n) is 7.79. The van der Waals surface area contributed by atoms with Crippen LogP contribution >= 0.6 is 0 Å². The standard InChI is InChI=1S/C15H18N4O5.C8H10N4O2/c1-5-9(16)12(21)8-6(4-24-14(17)22)15(23-2)13-7(18-13)3-19(15)10(8)11(5)20;1-10-4-9-6-5(10)7(13)12(3)8(14)11(6)2/h6-7,13,18H,3-4,16H2,1-2H3,(H2,17,22);4H,1-3H3/t6-,7+,13+,15-;/m1./s1. The first-order valence-corrected chi connectivity index (χ1v) is 11.8. The number of hydrogen-bond donors (Lipinski definition) is 3. The van der Waals surface area contributed by atoms with Gasteiger partial charge in [0.15, 0.2) is 16.9 Å². The number of nitrogens with one attached hydrogen (secondary N) is 1. The number of primary amides is 1. The molecular weight excluding hydrogens is 500 g/mol. The number of ketones is 2. The summed E-state index contributed by atoms with van der Waals surface area (Å²) in [6, 6.07) is 0.109. The number of Topliss-reactive ketones (excluding diaryl/α,β-unsaturated/α-hetero) is 2. The number of carbonyl (C=O) groups is 3. The van der Waals surface area contributed by atoms with Gasteiger partial charge >= 0.3 is 11.8 Å². The molecule has 0 radical (unpaired) electrons. The normalized spacial score (nSPS) is 27.3. The molecule has 6 rings (SSSR count). The van der Waals surface area contributed by atoms with Crippen LogP contribution in [0, 0.1) is 5.92 Å². The van der Waals surface area contributed by atoms with Crippen LogP contribution in [0.4, 0.5) is 4.79 Å². The van der Waals surface area contributed by atoms with Gasteiger partial charge in [0.1, 0.15) is 6.61 Å². The third kappa shape index (κ3) is 3.21. The minimum atomic E-state index is -0.957. The van der Waals surface area contributed by atoms with Crippen molar-refractivity contribution in [3.05, 3.63) is 49.7 Å². The molecule has 4 aliphatic rings. The summed E-state index contributed by atoms with van der Waals surface area (Å²) in [5.74, 6) is -1.34. The van der Waals surface area contributed by atoms with Crippen molar-refractivity contribution in [1.82, 2.24) is 28.9 Å². The summed E-state index contributed by atoms with van der Waals surface area (Å²) in [5, 5.41) is 3.28. The van der Waals surface area contributed by atoms with Crippen LogP contribution in [0.1, 0.15) is 6.92 Å². The number of imidazole rings is 1. The SMILES string of the molecule is CO[C@@]12[C@H](COC(N)=O)C3=C(C(=O)C(C)=C(N)C3=O)N1C[C@@H]1N[C@@H]12.Cn1c(=O)c2c(ncn2C)n(C)c1=O. The molecule has 0 bridgehead atoms. The number of hydrogen-bond acceptors (Lipinski definition) is 11. The van der Waals surface area contributed by atoms with Crippen molar-refractivity contribution in [3.8, 4) is 0 Å². The number of piperazine rings is 1. The second-order valence-electron chi connectivity index (χ2n) is 9.69. The first-order chi connectivity index (χ1) is 17.9. The highest BCUT2D eigenvalue weighted by atomic mass is 16.6. The van der Waals surface area contributed by atoms with Gasteiger partial charge in [-0.2, -0.15) is 0 Å². The second kappa shape index (κ2) is 8.39. The minimum absolute atomic E-state index is 0.0586. The molecule has 3 aliphatic heterocycles. The van der Waals surface area contributed by atoms with E-state index in [0.717, 1.165) is 4.57 Å². The molecule has 2 saturated heterocycles. The van der Waals surface area contributed by atoms with Crippen LogP contribution < -0.4 is 28.0 Å². The lowest BCUT2D eigenvalue weighted by molar-refractivity contribution is -0.137. The summed E-state index contributed by atoms with van der Waals surface area (Å²) in [7, 11) is 6.29. The molecule has 202 valence electrons. The van der Waals surface area contributed by atoms with E-state index in [-0.39, 0.29) is 52.6 Å². The highest BCUT2D eigenvalue weighted by molar-refractivity contribution is 6.25. The van der Waals surface area contributed by atoms with Crippen molar-refractivity contribution in [3.63, 3.8) is 0 Å². The van der Waals surface area contributed by atoms with Gasteiger partial charge in [-0.15, -0.1) is 0 Å². The van der Waals surface area contributed by atoms with Crippen molar-refractivity contribution in [2.24, 2.45) is 38.5 Å². The number of methoxy groups -OCH3 is 1. The third-order valence-corrected chi connectivity index (χ3v) is 7.79. The van der Waals surface area contributed by atoms with Crippen molar-refractivity contribution in [2.75, 3.05) is 20.3 Å². The van der Waals surface area contributed by atoms with Crippen LogP contribution in [0.25, 0.3) is 11.2 Å². The zero-order valence-electron chi connectivity index (χ0n) is 21.5. The van der Waals surface area contributed by atoms with Gasteiger partial charge in [0.2, 0.25) is 11.6 Å². The van der Waals surface area contributed by atoms with Crippen LogP contribution in [-0.4, -0.2) is 79.3 Å². The average Bonchev–Trinajstić information content (AvgIpc) is 3.30. The molecule has 5 heterocycles. The highest BCUT2D eigenvalue weighted by Gasteiger charge is 2.72. The molecule has 4 atom stereocenters. The summed E-state index contributed by atoms with van der Waals surface area (Å²) in [5.41, 5.74) is 10.9. The Morgan fingerprint density at radius 1 is 1.18 bits per heavy atom. The Hall–Kier alpha value is -4.24. The van der Waals surface area contributed by atoms with Gasteiger partial charge in [0.05, 0.1) is 29.7 Å². The number of rotatable bonds is 3. The van der Waals surface area contributed by atoms with Crippen molar-refractivity contribution in [1.29, 1.82) is 0 Å². The van der Waals surface area contributed by atoms with Crippen molar-refractivity contribution < 1.29 is 23.9 Å². The number of allylic oxidation sites excluding steroid dienone is 2. The molecule has 0 aromatic carbocycles. The lowest BCUT2D eigenvalue weighted by Gasteiger charge is -2.39. The van der Waals surface area contributed by atoms with Gasteiger partial charge in [-0.3, -0.25) is 23.5 Å². The van der Waals surface area contributed by atoms with Crippen molar-refractivity contribution in [2.45, 2.75) is 24.7 Å². The molecular formula is C23H28N8O7. The summed E-state index contributed by atoms with van der Waals surface area (Å²) < 4.78 is 14.8. The second-order valence-corrected chi connectivity index (χ2v) is 9.69. The topological polar surface area (TPSA) is 209 Å². The van der Waals surface area contributed by atoms with Crippen LogP contribution in [0.2, 0.25) is 0 Å². The van der Waals surface area contributed by atoms with E-state index < -0.39 is 23.5 Å². The maximum atomic E-state index is 12.8. The fourth-order valence-corrected chi connectivity index (χ4v) is 5.78. The molecule has 1 aliphatic carbocycles. The lowest BCUT2D eigenvalue weighted by atomic mass is 9.82. The molecule has 1 amide bonds. The minimum Gasteiger partial charge on any atom is -0.449 e. The van der Waals surface area contributed by atoms with Crippen LogP contribution in [0.3, 0.4) is 0 Å². The van der Waals surface area contributed by atoms with E-state index in [2.05, 4.69) is 10.3 Å². The number of aryl methyl sites for hydroxylation is 2. The van der Waals surface area contributed by atoms with Gasteiger partial charge in [-0.05, 0) is 6.92 Å². The quantitative estimate of drug-likeness (QED) is 0.276. The largest absolute Gasteiger partial charge is 0.449 e. The first kappa shape index (κ1) is 25.4. The van der Waals surface area contributed by atoms with E-state index in [9.17, 15) is 24.0 Å². The van der Waals surface area contributed by atoms with Crippen LogP contribution in [0.15, 0.2) is 38.5 Å². The summed E-state index contributed by atoms with van der Waals surface area (Å²) in [4.78, 5) is 65.6. The molecule has 0 unspecified atom stereocenters. The van der Waals surface area contributed by atoms with Gasteiger partial charge in [-0.25, -0.2) is 14.6 Å². The number of nitrogens with zero attached hydrogens (tertiary/aromatic N) is 5. The van der Waals surface area contributed by atoms with E-state index in [1.807, 2.05) is 4.90 Å². The van der Waals surface area contributed by atoms with Crippen molar-refractivity contribution >= 4 is 28.8 Å². The predicted molar refractivity (Wildman–Crippen MR) is 131 cm³/mol. The maximum Gasteiger partial charge on any atom is 0.404 e. The van der Waals surface area contributed by atoms with E-state index in [4.69, 9.17) is 20.9 Å².